The molecule has 0 spiro atoms. The largest absolute Gasteiger partial charge is 0.492 e. The molecule has 1 aromatic rings. The second kappa shape index (κ2) is 5.47. The third kappa shape index (κ3) is 3.16. The van der Waals surface area contributed by atoms with Crippen LogP contribution in [0.15, 0.2) is 18.2 Å². The lowest BCUT2D eigenvalue weighted by Crippen LogP contribution is -2.51. The van der Waals surface area contributed by atoms with Gasteiger partial charge in [0.05, 0.1) is 30.9 Å². The quantitative estimate of drug-likeness (QED) is 0.914. The topological polar surface area (TPSA) is 30.5 Å². The van der Waals surface area contributed by atoms with Crippen LogP contribution in [0.3, 0.4) is 0 Å². The van der Waals surface area contributed by atoms with E-state index in [0.29, 0.717) is 18.2 Å². The van der Waals surface area contributed by atoms with Gasteiger partial charge in [0.1, 0.15) is 5.75 Å². The van der Waals surface area contributed by atoms with Crippen LogP contribution in [0.2, 0.25) is 5.02 Å². The highest BCUT2D eigenvalue weighted by molar-refractivity contribution is 6.32. The smallest absolute Gasteiger partial charge is 0.137 e. The molecule has 1 atom stereocenters. The predicted octanol–water partition coefficient (Wildman–Crippen LogP) is 3.18. The van der Waals surface area contributed by atoms with Gasteiger partial charge >= 0.3 is 0 Å². The number of nitrogens with one attached hydrogen (secondary N) is 1. The van der Waals surface area contributed by atoms with Gasteiger partial charge in [0.2, 0.25) is 0 Å². The van der Waals surface area contributed by atoms with Gasteiger partial charge in [-0.3, -0.25) is 0 Å². The molecule has 1 saturated heterocycles. The zero-order chi connectivity index (χ0) is 13.2. The van der Waals surface area contributed by atoms with E-state index in [2.05, 4.69) is 19.2 Å². The molecule has 3 nitrogen and oxygen atoms in total. The molecule has 0 radical (unpaired) electrons. The average molecular weight is 270 g/mol. The summed E-state index contributed by atoms with van der Waals surface area (Å²) >= 11 is 6.20. The van der Waals surface area contributed by atoms with Crippen LogP contribution in [0.5, 0.6) is 5.75 Å². The number of benzene rings is 1. The van der Waals surface area contributed by atoms with Gasteiger partial charge in [0.15, 0.2) is 0 Å². The summed E-state index contributed by atoms with van der Waals surface area (Å²) in [6.07, 6.45) is 0. The number of hydrogen-bond donors (Lipinski definition) is 1. The Kier molecular flexibility index (Phi) is 4.15. The van der Waals surface area contributed by atoms with Crippen molar-refractivity contribution in [1.29, 1.82) is 0 Å². The maximum Gasteiger partial charge on any atom is 0.137 e. The standard InChI is InChI=1S/C14H20ClNO2/c1-4-18-13-6-5-10(7-11(13)15)12-8-17-9-14(2,3)16-12/h5-7,12,16H,4,8-9H2,1-3H3. The molecule has 1 unspecified atom stereocenters. The lowest BCUT2D eigenvalue weighted by Gasteiger charge is -2.37. The molecule has 1 fully saturated rings. The number of rotatable bonds is 3. The van der Waals surface area contributed by atoms with Crippen molar-refractivity contribution < 1.29 is 9.47 Å². The molecule has 1 aliphatic heterocycles. The van der Waals surface area contributed by atoms with Crippen LogP contribution in [-0.4, -0.2) is 25.4 Å². The number of ether oxygens (including phenoxy) is 2. The zero-order valence-corrected chi connectivity index (χ0v) is 11.9. The fourth-order valence-electron chi connectivity index (χ4n) is 2.17. The van der Waals surface area contributed by atoms with Gasteiger partial charge < -0.3 is 14.8 Å². The third-order valence-corrected chi connectivity index (χ3v) is 3.27. The highest BCUT2D eigenvalue weighted by atomic mass is 35.5. The SMILES string of the molecule is CCOc1ccc(C2COCC(C)(C)N2)cc1Cl. The Morgan fingerprint density at radius 2 is 2.28 bits per heavy atom. The summed E-state index contributed by atoms with van der Waals surface area (Å²) in [7, 11) is 0. The predicted molar refractivity (Wildman–Crippen MR) is 73.4 cm³/mol. The molecule has 2 rings (SSSR count). The van der Waals surface area contributed by atoms with E-state index in [-0.39, 0.29) is 11.6 Å². The first-order valence-corrected chi connectivity index (χ1v) is 6.67. The second-order valence-electron chi connectivity index (χ2n) is 5.22. The van der Waals surface area contributed by atoms with Crippen LogP contribution in [0.25, 0.3) is 0 Å². The van der Waals surface area contributed by atoms with E-state index >= 15 is 0 Å². The van der Waals surface area contributed by atoms with Crippen molar-refractivity contribution >= 4 is 11.6 Å². The first-order valence-electron chi connectivity index (χ1n) is 6.29. The molecule has 100 valence electrons. The highest BCUT2D eigenvalue weighted by Gasteiger charge is 2.28. The van der Waals surface area contributed by atoms with Crippen LogP contribution in [-0.2, 0) is 4.74 Å². The van der Waals surface area contributed by atoms with E-state index in [1.165, 1.54) is 0 Å². The molecular weight excluding hydrogens is 250 g/mol. The van der Waals surface area contributed by atoms with Crippen molar-refractivity contribution in [3.63, 3.8) is 0 Å². The summed E-state index contributed by atoms with van der Waals surface area (Å²) in [4.78, 5) is 0. The second-order valence-corrected chi connectivity index (χ2v) is 5.63. The van der Waals surface area contributed by atoms with Gasteiger partial charge in [-0.2, -0.15) is 0 Å². The Morgan fingerprint density at radius 3 is 2.89 bits per heavy atom. The Labute approximate surface area is 113 Å². The molecular formula is C14H20ClNO2. The van der Waals surface area contributed by atoms with E-state index in [1.54, 1.807) is 0 Å². The summed E-state index contributed by atoms with van der Waals surface area (Å²) in [5.74, 6) is 0.735. The minimum absolute atomic E-state index is 0.00597. The first-order chi connectivity index (χ1) is 8.52. The fraction of sp³-hybridized carbons (Fsp3) is 0.571. The zero-order valence-electron chi connectivity index (χ0n) is 11.1. The van der Waals surface area contributed by atoms with Gasteiger partial charge in [-0.1, -0.05) is 17.7 Å². The van der Waals surface area contributed by atoms with Gasteiger partial charge in [-0.05, 0) is 38.5 Å². The van der Waals surface area contributed by atoms with Gasteiger partial charge in [0, 0.05) is 5.54 Å². The van der Waals surface area contributed by atoms with Crippen molar-refractivity contribution in [2.45, 2.75) is 32.4 Å². The van der Waals surface area contributed by atoms with Crippen LogP contribution in [0.1, 0.15) is 32.4 Å². The Balaban J connectivity index is 2.16. The monoisotopic (exact) mass is 269 g/mol. The lowest BCUT2D eigenvalue weighted by atomic mass is 9.99. The van der Waals surface area contributed by atoms with E-state index in [0.717, 1.165) is 17.9 Å². The van der Waals surface area contributed by atoms with Gasteiger partial charge in [0.25, 0.3) is 0 Å². The van der Waals surface area contributed by atoms with Crippen molar-refractivity contribution in [2.24, 2.45) is 0 Å². The van der Waals surface area contributed by atoms with E-state index in [4.69, 9.17) is 21.1 Å². The van der Waals surface area contributed by atoms with Crippen LogP contribution < -0.4 is 10.1 Å². The van der Waals surface area contributed by atoms with E-state index < -0.39 is 0 Å². The normalized spacial score (nSPS) is 22.8. The van der Waals surface area contributed by atoms with Crippen molar-refractivity contribution in [3.8, 4) is 5.75 Å². The molecule has 0 bridgehead atoms. The van der Waals surface area contributed by atoms with Crippen LogP contribution in [0, 0.1) is 0 Å². The molecule has 1 aliphatic rings. The van der Waals surface area contributed by atoms with E-state index in [1.807, 2.05) is 25.1 Å². The summed E-state index contributed by atoms with van der Waals surface area (Å²) in [5, 5.41) is 4.22. The summed E-state index contributed by atoms with van der Waals surface area (Å²) in [6, 6.07) is 6.10. The summed E-state index contributed by atoms with van der Waals surface area (Å²) < 4.78 is 11.1. The highest BCUT2D eigenvalue weighted by Crippen LogP contribution is 2.30. The molecule has 1 N–H and O–H groups in total. The molecule has 1 aromatic carbocycles. The molecule has 0 amide bonds. The Morgan fingerprint density at radius 1 is 1.50 bits per heavy atom. The summed E-state index contributed by atoms with van der Waals surface area (Å²) in [5.41, 5.74) is 1.13. The molecule has 0 saturated carbocycles. The Bertz CT molecular complexity index is 420. The number of halogens is 1. The third-order valence-electron chi connectivity index (χ3n) is 2.97. The molecule has 0 aliphatic carbocycles. The molecule has 18 heavy (non-hydrogen) atoms. The lowest BCUT2D eigenvalue weighted by molar-refractivity contribution is 0.0127. The maximum absolute atomic E-state index is 6.20. The Hall–Kier alpha value is -0.770. The number of hydrogen-bond acceptors (Lipinski definition) is 3. The van der Waals surface area contributed by atoms with Crippen LogP contribution >= 0.6 is 11.6 Å². The van der Waals surface area contributed by atoms with E-state index in [9.17, 15) is 0 Å². The van der Waals surface area contributed by atoms with Crippen molar-refractivity contribution in [1.82, 2.24) is 5.32 Å². The fourth-order valence-corrected chi connectivity index (χ4v) is 2.42. The summed E-state index contributed by atoms with van der Waals surface area (Å²) in [6.45, 7) is 8.24. The maximum atomic E-state index is 6.20. The molecule has 4 heteroatoms. The van der Waals surface area contributed by atoms with Gasteiger partial charge in [-0.25, -0.2) is 0 Å². The van der Waals surface area contributed by atoms with Crippen molar-refractivity contribution in [2.75, 3.05) is 19.8 Å². The van der Waals surface area contributed by atoms with Crippen LogP contribution in [0.4, 0.5) is 0 Å². The minimum Gasteiger partial charge on any atom is -0.492 e. The average Bonchev–Trinajstić information content (AvgIpc) is 2.30. The molecule has 1 heterocycles. The number of morpholine rings is 1. The van der Waals surface area contributed by atoms with Crippen molar-refractivity contribution in [3.05, 3.63) is 28.8 Å². The first kappa shape index (κ1) is 13.7. The minimum atomic E-state index is -0.00597. The van der Waals surface area contributed by atoms with Gasteiger partial charge in [-0.15, -0.1) is 0 Å². The molecule has 0 aromatic heterocycles.